The third kappa shape index (κ3) is 4.60. The van der Waals surface area contributed by atoms with Gasteiger partial charge in [-0.15, -0.1) is 11.3 Å². The lowest BCUT2D eigenvalue weighted by atomic mass is 10.2. The Hall–Kier alpha value is -2.35. The Bertz CT molecular complexity index is 641. The highest BCUT2D eigenvalue weighted by Gasteiger charge is 2.07. The molecule has 2 aromatic rings. The number of alkyl halides is 2. The molecule has 0 saturated carbocycles. The van der Waals surface area contributed by atoms with E-state index in [2.05, 4.69) is 15.3 Å². The Labute approximate surface area is 121 Å². The smallest absolute Gasteiger partial charge is 0.387 e. The van der Waals surface area contributed by atoms with Crippen LogP contribution in [0.4, 0.5) is 13.2 Å². The number of ether oxygens (including phenoxy) is 1. The average Bonchev–Trinajstić information content (AvgIpc) is 2.84. The van der Waals surface area contributed by atoms with Crippen LogP contribution in [0.2, 0.25) is 0 Å². The van der Waals surface area contributed by atoms with Gasteiger partial charge < -0.3 is 4.74 Å². The van der Waals surface area contributed by atoms with Crippen LogP contribution < -0.4 is 10.2 Å². The molecule has 0 atom stereocenters. The lowest BCUT2D eigenvalue weighted by Gasteiger charge is -2.04. The van der Waals surface area contributed by atoms with Crippen LogP contribution in [0.25, 0.3) is 0 Å². The van der Waals surface area contributed by atoms with Crippen LogP contribution in [-0.4, -0.2) is 18.7 Å². The van der Waals surface area contributed by atoms with Crippen molar-refractivity contribution in [1.82, 2.24) is 5.43 Å². The van der Waals surface area contributed by atoms with E-state index in [-0.39, 0.29) is 16.4 Å². The maximum atomic E-state index is 12.7. The summed E-state index contributed by atoms with van der Waals surface area (Å²) in [6.45, 7) is -2.92. The fraction of sp³-hybridized carbons (Fsp3) is 0.0769. The summed E-state index contributed by atoms with van der Waals surface area (Å²) in [5.41, 5.74) is 2.47. The minimum Gasteiger partial charge on any atom is -0.435 e. The van der Waals surface area contributed by atoms with Gasteiger partial charge in [0, 0.05) is 5.56 Å². The summed E-state index contributed by atoms with van der Waals surface area (Å²) in [6.07, 6.45) is 1.31. The van der Waals surface area contributed by atoms with Gasteiger partial charge in [-0.25, -0.2) is 5.43 Å². The number of halogens is 3. The Morgan fingerprint density at radius 1 is 1.24 bits per heavy atom. The van der Waals surface area contributed by atoms with Crippen molar-refractivity contribution in [3.8, 4) is 5.75 Å². The summed E-state index contributed by atoms with van der Waals surface area (Å²) in [5, 5.41) is 3.32. The first-order valence-corrected chi connectivity index (χ1v) is 6.50. The van der Waals surface area contributed by atoms with E-state index in [1.54, 1.807) is 0 Å². The van der Waals surface area contributed by atoms with Crippen LogP contribution in [0.5, 0.6) is 5.75 Å². The van der Waals surface area contributed by atoms with Crippen LogP contribution in [0, 0.1) is 5.13 Å². The summed E-state index contributed by atoms with van der Waals surface area (Å²) in [6, 6.07) is 7.96. The van der Waals surface area contributed by atoms with Crippen LogP contribution in [-0.2, 0) is 0 Å². The number of carbonyl (C=O) groups is 1. The van der Waals surface area contributed by atoms with Crippen LogP contribution >= 0.6 is 11.3 Å². The zero-order valence-corrected chi connectivity index (χ0v) is 11.2. The van der Waals surface area contributed by atoms with Crippen LogP contribution in [0.3, 0.4) is 0 Å². The van der Waals surface area contributed by atoms with E-state index in [1.807, 2.05) is 0 Å². The standard InChI is InChI=1S/C13H9F3N2O2S/c14-11-6-5-10(21-11)7-17-18-12(19)8-1-3-9(4-2-8)20-13(15)16/h1-7,13H,(H,18,19)/b17-7+. The molecule has 4 nitrogen and oxygen atoms in total. The van der Waals surface area contributed by atoms with Crippen LogP contribution in [0.1, 0.15) is 15.2 Å². The van der Waals surface area contributed by atoms with E-state index in [9.17, 15) is 18.0 Å². The molecule has 21 heavy (non-hydrogen) atoms. The molecule has 8 heteroatoms. The molecule has 1 aromatic heterocycles. The molecule has 0 spiro atoms. The van der Waals surface area contributed by atoms with Crippen molar-refractivity contribution in [2.75, 3.05) is 0 Å². The molecule has 0 fully saturated rings. The van der Waals surface area contributed by atoms with Gasteiger partial charge >= 0.3 is 6.61 Å². The number of hydrogen-bond acceptors (Lipinski definition) is 4. The van der Waals surface area contributed by atoms with E-state index in [0.29, 0.717) is 4.88 Å². The van der Waals surface area contributed by atoms with E-state index < -0.39 is 12.5 Å². The highest BCUT2D eigenvalue weighted by atomic mass is 32.1. The van der Waals surface area contributed by atoms with E-state index in [4.69, 9.17) is 0 Å². The van der Waals surface area contributed by atoms with Gasteiger partial charge in [-0.3, -0.25) is 4.79 Å². The maximum absolute atomic E-state index is 12.7. The van der Waals surface area contributed by atoms with Gasteiger partial charge in [0.2, 0.25) is 0 Å². The summed E-state index contributed by atoms with van der Waals surface area (Å²) in [7, 11) is 0. The zero-order valence-electron chi connectivity index (χ0n) is 10.4. The molecule has 0 aliphatic heterocycles. The minimum atomic E-state index is -2.92. The van der Waals surface area contributed by atoms with E-state index in [1.165, 1.54) is 42.6 Å². The van der Waals surface area contributed by atoms with Gasteiger partial charge in [-0.2, -0.15) is 18.3 Å². The second-order valence-electron chi connectivity index (χ2n) is 3.74. The Morgan fingerprint density at radius 3 is 2.52 bits per heavy atom. The first kappa shape index (κ1) is 15.0. The Morgan fingerprint density at radius 2 is 1.95 bits per heavy atom. The molecule has 110 valence electrons. The quantitative estimate of drug-likeness (QED) is 0.680. The second kappa shape index (κ2) is 6.89. The molecule has 0 bridgehead atoms. The van der Waals surface area contributed by atoms with Crippen LogP contribution in [0.15, 0.2) is 41.5 Å². The number of thiophene rings is 1. The third-order valence-electron chi connectivity index (χ3n) is 2.29. The minimum absolute atomic E-state index is 0.0425. The van der Waals surface area contributed by atoms with Crippen molar-refractivity contribution in [2.24, 2.45) is 5.10 Å². The molecular weight excluding hydrogens is 305 g/mol. The monoisotopic (exact) mass is 314 g/mol. The predicted octanol–water partition coefficient (Wildman–Crippen LogP) is 3.25. The van der Waals surface area contributed by atoms with Crippen molar-refractivity contribution in [3.05, 3.63) is 52.0 Å². The van der Waals surface area contributed by atoms with Crippen molar-refractivity contribution < 1.29 is 22.7 Å². The van der Waals surface area contributed by atoms with Gasteiger partial charge in [0.05, 0.1) is 11.1 Å². The molecule has 1 N–H and O–H groups in total. The van der Waals surface area contributed by atoms with Gasteiger partial charge in [0.15, 0.2) is 5.13 Å². The summed E-state index contributed by atoms with van der Waals surface area (Å²) in [5.74, 6) is -0.564. The maximum Gasteiger partial charge on any atom is 0.387 e. The van der Waals surface area contributed by atoms with E-state index >= 15 is 0 Å². The molecule has 1 aromatic carbocycles. The first-order valence-electron chi connectivity index (χ1n) is 5.68. The third-order valence-corrected chi connectivity index (χ3v) is 3.10. The lowest BCUT2D eigenvalue weighted by molar-refractivity contribution is -0.0498. The van der Waals surface area contributed by atoms with Gasteiger partial charge in [-0.1, -0.05) is 0 Å². The van der Waals surface area contributed by atoms with Gasteiger partial charge in [0.25, 0.3) is 5.91 Å². The highest BCUT2D eigenvalue weighted by Crippen LogP contribution is 2.15. The number of nitrogens with one attached hydrogen (secondary N) is 1. The fourth-order valence-corrected chi connectivity index (χ4v) is 2.01. The zero-order chi connectivity index (χ0) is 15.2. The lowest BCUT2D eigenvalue weighted by Crippen LogP contribution is -2.17. The predicted molar refractivity (Wildman–Crippen MR) is 72.4 cm³/mol. The summed E-state index contributed by atoms with van der Waals surface area (Å²) < 4.78 is 40.8. The SMILES string of the molecule is O=C(N/N=C/c1ccc(F)s1)c1ccc(OC(F)F)cc1. The van der Waals surface area contributed by atoms with Crippen molar-refractivity contribution >= 4 is 23.5 Å². The number of rotatable bonds is 5. The van der Waals surface area contributed by atoms with Gasteiger partial charge in [0.1, 0.15) is 5.75 Å². The number of amides is 1. The molecule has 0 saturated heterocycles. The topological polar surface area (TPSA) is 50.7 Å². The number of hydrogen-bond donors (Lipinski definition) is 1. The molecular formula is C13H9F3N2O2S. The number of nitrogens with zero attached hydrogens (tertiary/aromatic N) is 1. The van der Waals surface area contributed by atoms with Gasteiger partial charge in [-0.05, 0) is 36.4 Å². The number of hydrazone groups is 1. The second-order valence-corrected chi connectivity index (χ2v) is 4.81. The van der Waals surface area contributed by atoms with Crippen molar-refractivity contribution in [3.63, 3.8) is 0 Å². The average molecular weight is 314 g/mol. The number of benzene rings is 1. The fourth-order valence-electron chi connectivity index (χ4n) is 1.40. The molecule has 0 aliphatic carbocycles. The molecule has 1 amide bonds. The molecule has 0 radical (unpaired) electrons. The molecule has 2 rings (SSSR count). The van der Waals surface area contributed by atoms with Crippen molar-refractivity contribution in [1.29, 1.82) is 0 Å². The van der Waals surface area contributed by atoms with Crippen molar-refractivity contribution in [2.45, 2.75) is 6.61 Å². The molecule has 1 heterocycles. The highest BCUT2D eigenvalue weighted by molar-refractivity contribution is 7.12. The summed E-state index contributed by atoms with van der Waals surface area (Å²) >= 11 is 0.888. The first-order chi connectivity index (χ1) is 10.0. The molecule has 0 aliphatic rings. The number of carbonyl (C=O) groups excluding carboxylic acids is 1. The Kier molecular flexibility index (Phi) is 4.94. The molecule has 0 unspecified atom stereocenters. The van der Waals surface area contributed by atoms with E-state index in [0.717, 1.165) is 11.3 Å². The largest absolute Gasteiger partial charge is 0.435 e. The Balaban J connectivity index is 1.92. The summed E-state index contributed by atoms with van der Waals surface area (Å²) in [4.78, 5) is 12.2. The normalized spacial score (nSPS) is 11.0.